The van der Waals surface area contributed by atoms with Gasteiger partial charge in [-0.2, -0.15) is 0 Å². The third-order valence-corrected chi connectivity index (χ3v) is 7.15. The van der Waals surface area contributed by atoms with Crippen molar-refractivity contribution in [3.63, 3.8) is 0 Å². The minimum Gasteiger partial charge on any atom is -0.371 e. The summed E-state index contributed by atoms with van der Waals surface area (Å²) in [7, 11) is 0. The quantitative estimate of drug-likeness (QED) is 0.664. The fourth-order valence-electron chi connectivity index (χ4n) is 5.23. The number of anilines is 1. The highest BCUT2D eigenvalue weighted by Crippen LogP contribution is 2.36. The molecule has 4 nitrogen and oxygen atoms in total. The van der Waals surface area contributed by atoms with E-state index in [-0.39, 0.29) is 5.41 Å². The molecule has 2 fully saturated rings. The number of fused-ring (bicyclic) bond motifs is 1. The molecule has 0 bridgehead atoms. The monoisotopic (exact) mass is 397 g/mol. The molecule has 0 spiro atoms. The maximum absolute atomic E-state index is 5.68. The molecule has 0 amide bonds. The van der Waals surface area contributed by atoms with Crippen molar-refractivity contribution in [1.82, 2.24) is 10.1 Å². The predicted octanol–water partition coefficient (Wildman–Crippen LogP) is 5.71. The van der Waals surface area contributed by atoms with Gasteiger partial charge in [0, 0.05) is 42.2 Å². The molecule has 2 saturated heterocycles. The van der Waals surface area contributed by atoms with E-state index in [1.54, 1.807) is 0 Å². The number of aromatic nitrogens is 1. The van der Waals surface area contributed by atoms with Gasteiger partial charge in [-0.25, -0.2) is 0 Å². The van der Waals surface area contributed by atoms with Crippen LogP contribution in [0.2, 0.25) is 0 Å². The van der Waals surface area contributed by atoms with Crippen molar-refractivity contribution in [1.29, 1.82) is 0 Å². The number of likely N-dealkylation sites (tertiary alicyclic amines) is 1. The molecule has 4 rings (SSSR count). The molecule has 29 heavy (non-hydrogen) atoms. The Kier molecular flexibility index (Phi) is 5.43. The number of piperidine rings is 1. The van der Waals surface area contributed by atoms with Crippen LogP contribution in [0.5, 0.6) is 0 Å². The molecule has 2 aromatic rings. The Morgan fingerprint density at radius 3 is 2.38 bits per heavy atom. The van der Waals surface area contributed by atoms with E-state index in [1.807, 2.05) is 0 Å². The first kappa shape index (κ1) is 20.7. The third-order valence-electron chi connectivity index (χ3n) is 7.15. The summed E-state index contributed by atoms with van der Waals surface area (Å²) in [5, 5.41) is 5.50. The topological polar surface area (TPSA) is 32.5 Å². The summed E-state index contributed by atoms with van der Waals surface area (Å²) < 4.78 is 5.68. The Bertz CT molecular complexity index is 834. The second-order valence-electron chi connectivity index (χ2n) is 11.5. The zero-order valence-corrected chi connectivity index (χ0v) is 19.3. The number of hydrogen-bond acceptors (Lipinski definition) is 4. The minimum atomic E-state index is 0.00590. The van der Waals surface area contributed by atoms with E-state index in [1.165, 1.54) is 44.6 Å². The predicted molar refractivity (Wildman–Crippen MR) is 122 cm³/mol. The van der Waals surface area contributed by atoms with Crippen LogP contribution in [0.25, 0.3) is 11.0 Å². The maximum atomic E-state index is 5.68. The van der Waals surface area contributed by atoms with Gasteiger partial charge >= 0.3 is 0 Å². The van der Waals surface area contributed by atoms with Gasteiger partial charge < -0.3 is 14.3 Å². The average molecular weight is 398 g/mol. The van der Waals surface area contributed by atoms with Crippen LogP contribution in [0.15, 0.2) is 22.7 Å². The van der Waals surface area contributed by atoms with Crippen molar-refractivity contribution < 1.29 is 4.52 Å². The van der Waals surface area contributed by atoms with E-state index >= 15 is 0 Å². The van der Waals surface area contributed by atoms with Crippen molar-refractivity contribution >= 4 is 16.7 Å². The number of rotatable bonds is 3. The first-order chi connectivity index (χ1) is 13.6. The summed E-state index contributed by atoms with van der Waals surface area (Å²) in [5.41, 5.74) is 3.72. The summed E-state index contributed by atoms with van der Waals surface area (Å²) >= 11 is 0. The summed E-state index contributed by atoms with van der Waals surface area (Å²) in [5.74, 6) is 1.65. The van der Waals surface area contributed by atoms with Gasteiger partial charge in [-0.05, 0) is 61.7 Å². The Morgan fingerprint density at radius 2 is 1.72 bits per heavy atom. The highest BCUT2D eigenvalue weighted by molar-refractivity contribution is 5.84. The Balaban J connectivity index is 1.35. The fourth-order valence-corrected chi connectivity index (χ4v) is 5.23. The van der Waals surface area contributed by atoms with Gasteiger partial charge in [-0.3, -0.25) is 0 Å². The summed E-state index contributed by atoms with van der Waals surface area (Å²) in [6.45, 7) is 19.9. The average Bonchev–Trinajstić information content (AvgIpc) is 3.27. The van der Waals surface area contributed by atoms with Gasteiger partial charge in [-0.1, -0.05) is 46.7 Å². The summed E-state index contributed by atoms with van der Waals surface area (Å²) in [6.07, 6.45) is 4.01. The van der Waals surface area contributed by atoms with Crippen LogP contribution in [0, 0.1) is 17.3 Å². The Hall–Kier alpha value is -1.55. The molecular formula is C25H39N3O. The lowest BCUT2D eigenvalue weighted by Crippen LogP contribution is -2.40. The third kappa shape index (κ3) is 4.47. The number of hydrogen-bond donors (Lipinski definition) is 0. The van der Waals surface area contributed by atoms with E-state index in [9.17, 15) is 0 Å². The zero-order chi connectivity index (χ0) is 20.8. The van der Waals surface area contributed by atoms with Crippen LogP contribution in [0.1, 0.15) is 66.5 Å². The SMILES string of the molecule is CC(C)(C)c1noc2cc(N3CC[C@H](CN4CCC(C(C)(C)C)CC4)C3)ccc12. The maximum Gasteiger partial charge on any atom is 0.169 e. The van der Waals surface area contributed by atoms with Crippen LogP contribution < -0.4 is 4.90 Å². The molecule has 0 aliphatic carbocycles. The first-order valence-electron chi connectivity index (χ1n) is 11.5. The van der Waals surface area contributed by atoms with Gasteiger partial charge in [0.1, 0.15) is 0 Å². The lowest BCUT2D eigenvalue weighted by Gasteiger charge is -2.39. The Labute approximate surface area is 176 Å². The zero-order valence-electron chi connectivity index (χ0n) is 19.3. The van der Waals surface area contributed by atoms with E-state index in [4.69, 9.17) is 4.52 Å². The van der Waals surface area contributed by atoms with Crippen LogP contribution in [0.4, 0.5) is 5.69 Å². The molecule has 3 heterocycles. The molecule has 0 saturated carbocycles. The Morgan fingerprint density at radius 1 is 1.00 bits per heavy atom. The summed E-state index contributed by atoms with van der Waals surface area (Å²) in [4.78, 5) is 5.25. The van der Waals surface area contributed by atoms with Crippen LogP contribution in [0.3, 0.4) is 0 Å². The minimum absolute atomic E-state index is 0.00590. The second kappa shape index (κ2) is 7.61. The van der Waals surface area contributed by atoms with Crippen LogP contribution in [-0.2, 0) is 5.41 Å². The van der Waals surface area contributed by atoms with Gasteiger partial charge in [0.25, 0.3) is 0 Å². The van der Waals surface area contributed by atoms with Gasteiger partial charge in [0.05, 0.1) is 5.69 Å². The van der Waals surface area contributed by atoms with Crippen molar-refractivity contribution in [2.45, 2.75) is 66.2 Å². The van der Waals surface area contributed by atoms with Crippen LogP contribution in [-0.4, -0.2) is 42.8 Å². The highest BCUT2D eigenvalue weighted by Gasteiger charge is 2.31. The smallest absolute Gasteiger partial charge is 0.169 e. The van der Waals surface area contributed by atoms with E-state index < -0.39 is 0 Å². The number of benzene rings is 1. The van der Waals surface area contributed by atoms with Gasteiger partial charge in [0.2, 0.25) is 0 Å². The molecule has 2 aliphatic rings. The molecule has 160 valence electrons. The van der Waals surface area contributed by atoms with Crippen molar-refractivity contribution in [3.05, 3.63) is 23.9 Å². The molecule has 1 aromatic heterocycles. The van der Waals surface area contributed by atoms with Gasteiger partial charge in [0.15, 0.2) is 5.58 Å². The van der Waals surface area contributed by atoms with Crippen LogP contribution >= 0.6 is 0 Å². The standard InChI is InChI=1S/C25H39N3O/c1-24(2,3)19-10-12-27(13-11-19)16-18-9-14-28(17-18)20-7-8-21-22(15-20)29-26-23(21)25(4,5)6/h7-8,15,18-19H,9-14,16-17H2,1-6H3/t18-/m1/s1. The molecule has 0 N–H and O–H groups in total. The van der Waals surface area contributed by atoms with E-state index in [0.717, 1.165) is 41.6 Å². The van der Waals surface area contributed by atoms with Gasteiger partial charge in [-0.15, -0.1) is 0 Å². The normalized spacial score (nSPS) is 22.7. The second-order valence-corrected chi connectivity index (χ2v) is 11.5. The summed E-state index contributed by atoms with van der Waals surface area (Å²) in [6, 6.07) is 6.65. The molecule has 1 aromatic carbocycles. The van der Waals surface area contributed by atoms with Crippen molar-refractivity contribution in [2.24, 2.45) is 17.3 Å². The molecule has 0 unspecified atom stereocenters. The van der Waals surface area contributed by atoms with Crippen molar-refractivity contribution in [2.75, 3.05) is 37.6 Å². The molecule has 2 aliphatic heterocycles. The van der Waals surface area contributed by atoms with Crippen molar-refractivity contribution in [3.8, 4) is 0 Å². The first-order valence-corrected chi connectivity index (χ1v) is 11.5. The molecular weight excluding hydrogens is 358 g/mol. The highest BCUT2D eigenvalue weighted by atomic mass is 16.5. The largest absolute Gasteiger partial charge is 0.371 e. The van der Waals surface area contributed by atoms with E-state index in [2.05, 4.69) is 74.7 Å². The molecule has 0 radical (unpaired) electrons. The fraction of sp³-hybridized carbons (Fsp3) is 0.720. The van der Waals surface area contributed by atoms with E-state index in [0.29, 0.717) is 5.41 Å². The molecule has 1 atom stereocenters. The number of nitrogens with zero attached hydrogens (tertiary/aromatic N) is 3. The lowest BCUT2D eigenvalue weighted by molar-refractivity contribution is 0.103. The lowest BCUT2D eigenvalue weighted by atomic mass is 9.75. The molecule has 4 heteroatoms.